The van der Waals surface area contributed by atoms with Gasteiger partial charge in [0.25, 0.3) is 0 Å². The number of carboxylic acid groups (broad SMARTS) is 1. The van der Waals surface area contributed by atoms with Crippen molar-refractivity contribution in [1.82, 2.24) is 9.88 Å². The number of carboxylic acids is 1. The summed E-state index contributed by atoms with van der Waals surface area (Å²) in [6.45, 7) is 8.56. The van der Waals surface area contributed by atoms with Crippen LogP contribution in [0.3, 0.4) is 0 Å². The first-order valence-electron chi connectivity index (χ1n) is 15.6. The molecule has 3 aromatic rings. The predicted octanol–water partition coefficient (Wildman–Crippen LogP) is 7.80. The molecule has 6 heteroatoms. The van der Waals surface area contributed by atoms with Crippen molar-refractivity contribution in [3.63, 3.8) is 0 Å². The molecule has 1 saturated heterocycles. The van der Waals surface area contributed by atoms with Crippen LogP contribution in [0.15, 0.2) is 54.7 Å². The van der Waals surface area contributed by atoms with E-state index >= 15 is 0 Å². The van der Waals surface area contributed by atoms with E-state index < -0.39 is 11.9 Å². The van der Waals surface area contributed by atoms with E-state index in [2.05, 4.69) is 60.1 Å². The number of hydrogen-bond acceptors (Lipinski definition) is 5. The highest BCUT2D eigenvalue weighted by atomic mass is 16.5. The first-order chi connectivity index (χ1) is 20.2. The third kappa shape index (κ3) is 5.92. The Bertz CT molecular complexity index is 1450. The second kappa shape index (κ2) is 11.7. The second-order valence-electron chi connectivity index (χ2n) is 13.2. The maximum Gasteiger partial charge on any atom is 0.306 e. The van der Waals surface area contributed by atoms with Crippen molar-refractivity contribution < 1.29 is 19.4 Å². The molecular weight excluding hydrogens is 524 g/mol. The fourth-order valence-corrected chi connectivity index (χ4v) is 7.15. The molecule has 2 fully saturated rings. The number of rotatable bonds is 9. The van der Waals surface area contributed by atoms with Crippen LogP contribution in [0.25, 0.3) is 11.1 Å². The number of aryl methyl sites for hydroxylation is 1. The van der Waals surface area contributed by atoms with E-state index in [-0.39, 0.29) is 17.6 Å². The van der Waals surface area contributed by atoms with Crippen LogP contribution in [-0.4, -0.2) is 40.2 Å². The molecular formula is C36H44N2O4. The smallest absolute Gasteiger partial charge is 0.306 e. The zero-order valence-electron chi connectivity index (χ0n) is 25.4. The third-order valence-corrected chi connectivity index (χ3v) is 9.93. The highest BCUT2D eigenvalue weighted by molar-refractivity contribution is 5.71. The number of fused-ring (bicyclic) bond motifs is 1. The van der Waals surface area contributed by atoms with Crippen molar-refractivity contribution in [2.24, 2.45) is 11.8 Å². The number of pyridine rings is 1. The number of piperidine rings is 1. The summed E-state index contributed by atoms with van der Waals surface area (Å²) >= 11 is 0. The van der Waals surface area contributed by atoms with Crippen LogP contribution in [0.1, 0.15) is 93.6 Å². The Morgan fingerprint density at radius 1 is 1.10 bits per heavy atom. The van der Waals surface area contributed by atoms with Crippen LogP contribution in [0.4, 0.5) is 0 Å². The zero-order chi connectivity index (χ0) is 29.4. The van der Waals surface area contributed by atoms with E-state index in [1.807, 2.05) is 19.1 Å². The third-order valence-electron chi connectivity index (χ3n) is 9.93. The number of hydrogen-bond donors (Lipinski definition) is 1. The standard InChI is InChI=1S/C36H44N2O4/c1-23(35(39)40)34(25-8-9-25)28-10-7-24-12-14-31(42-32(24)20-28)30-13-11-26(27-15-17-37-33(21-27)41-4)19-29(30)22-38-18-6-5-16-36(38,2)3/h7,10-11,13,15,17,19-21,23,25,31,34H,5-6,8-9,12,14,16,18,22H2,1-4H3,(H,39,40)/t23-,31?,34-/m0/s1. The normalized spacial score (nSPS) is 21.6. The Labute approximate surface area is 250 Å². The molecule has 1 aliphatic carbocycles. The number of benzene rings is 2. The average Bonchev–Trinajstić information content (AvgIpc) is 3.83. The summed E-state index contributed by atoms with van der Waals surface area (Å²) in [4.78, 5) is 18.9. The molecule has 1 N–H and O–H groups in total. The lowest BCUT2D eigenvalue weighted by Gasteiger charge is -2.43. The minimum absolute atomic E-state index is 0.0327. The maximum atomic E-state index is 11.9. The molecule has 1 aromatic heterocycles. The molecule has 1 saturated carbocycles. The van der Waals surface area contributed by atoms with Crippen molar-refractivity contribution in [2.75, 3.05) is 13.7 Å². The van der Waals surface area contributed by atoms with Crippen LogP contribution in [0, 0.1) is 11.8 Å². The van der Waals surface area contributed by atoms with Crippen molar-refractivity contribution >= 4 is 5.97 Å². The molecule has 1 unspecified atom stereocenters. The van der Waals surface area contributed by atoms with Gasteiger partial charge < -0.3 is 14.6 Å². The summed E-state index contributed by atoms with van der Waals surface area (Å²) in [6, 6.07) is 17.3. The number of aromatic nitrogens is 1. The van der Waals surface area contributed by atoms with Gasteiger partial charge >= 0.3 is 5.97 Å². The van der Waals surface area contributed by atoms with E-state index in [0.29, 0.717) is 11.8 Å². The monoisotopic (exact) mass is 568 g/mol. The molecule has 0 radical (unpaired) electrons. The summed E-state index contributed by atoms with van der Waals surface area (Å²) in [5.41, 5.74) is 7.26. The minimum atomic E-state index is -0.722. The summed E-state index contributed by atoms with van der Waals surface area (Å²) in [5, 5.41) is 9.81. The van der Waals surface area contributed by atoms with E-state index in [1.165, 1.54) is 36.0 Å². The molecule has 3 aliphatic rings. The molecule has 6 nitrogen and oxygen atoms in total. The summed E-state index contributed by atoms with van der Waals surface area (Å²) in [6.07, 6.45) is 9.54. The van der Waals surface area contributed by atoms with Crippen LogP contribution in [0.2, 0.25) is 0 Å². The molecule has 0 spiro atoms. The van der Waals surface area contributed by atoms with E-state index in [9.17, 15) is 9.90 Å². The number of aliphatic carboxylic acids is 1. The fraction of sp³-hybridized carbons (Fsp3) is 0.500. The highest BCUT2D eigenvalue weighted by Gasteiger charge is 2.39. The molecule has 0 bridgehead atoms. The van der Waals surface area contributed by atoms with Gasteiger partial charge in [-0.1, -0.05) is 37.6 Å². The first-order valence-corrected chi connectivity index (χ1v) is 15.6. The molecule has 222 valence electrons. The molecule has 0 amide bonds. The number of nitrogens with zero attached hydrogens (tertiary/aromatic N) is 2. The van der Waals surface area contributed by atoms with Crippen molar-refractivity contribution in [2.45, 2.75) is 89.8 Å². The molecule has 2 aromatic carbocycles. The van der Waals surface area contributed by atoms with E-state index in [1.54, 1.807) is 13.3 Å². The first kappa shape index (κ1) is 28.7. The topological polar surface area (TPSA) is 71.9 Å². The predicted molar refractivity (Wildman–Crippen MR) is 165 cm³/mol. The molecule has 3 heterocycles. The van der Waals surface area contributed by atoms with Gasteiger partial charge in [-0.3, -0.25) is 9.69 Å². The van der Waals surface area contributed by atoms with Crippen molar-refractivity contribution in [1.29, 1.82) is 0 Å². The van der Waals surface area contributed by atoms with E-state index in [4.69, 9.17) is 9.47 Å². The quantitative estimate of drug-likeness (QED) is 0.284. The van der Waals surface area contributed by atoms with Gasteiger partial charge in [-0.15, -0.1) is 0 Å². The van der Waals surface area contributed by atoms with Gasteiger partial charge in [-0.05, 0) is 122 Å². The van der Waals surface area contributed by atoms with Gasteiger partial charge in [0, 0.05) is 24.3 Å². The SMILES string of the molecule is COc1cc(-c2ccc(C3CCc4ccc([C@H](C5CC5)[C@H](C)C(=O)O)cc4O3)c(CN3CCCCC3(C)C)c2)ccn1. The Morgan fingerprint density at radius 3 is 2.64 bits per heavy atom. The number of likely N-dealkylation sites (tertiary alicyclic amines) is 1. The van der Waals surface area contributed by atoms with Crippen LogP contribution < -0.4 is 9.47 Å². The number of ether oxygens (including phenoxy) is 2. The van der Waals surface area contributed by atoms with Gasteiger partial charge in [0.2, 0.25) is 5.88 Å². The van der Waals surface area contributed by atoms with Gasteiger partial charge in [-0.2, -0.15) is 0 Å². The van der Waals surface area contributed by atoms with Crippen LogP contribution in [-0.2, 0) is 17.8 Å². The lowest BCUT2D eigenvalue weighted by molar-refractivity contribution is -0.142. The Kier molecular flexibility index (Phi) is 8.01. The Hall–Kier alpha value is -3.38. The Balaban J connectivity index is 1.34. The lowest BCUT2D eigenvalue weighted by atomic mass is 9.82. The minimum Gasteiger partial charge on any atom is -0.485 e. The van der Waals surface area contributed by atoms with Crippen LogP contribution in [0.5, 0.6) is 11.6 Å². The average molecular weight is 569 g/mol. The van der Waals surface area contributed by atoms with Gasteiger partial charge in [0.05, 0.1) is 13.0 Å². The zero-order valence-corrected chi connectivity index (χ0v) is 25.4. The molecule has 3 atom stereocenters. The maximum absolute atomic E-state index is 11.9. The summed E-state index contributed by atoms with van der Waals surface area (Å²) in [5.74, 6) is 0.881. The number of carbonyl (C=O) groups is 1. The molecule has 2 aliphatic heterocycles. The fourth-order valence-electron chi connectivity index (χ4n) is 7.15. The molecule has 42 heavy (non-hydrogen) atoms. The summed E-state index contributed by atoms with van der Waals surface area (Å²) < 4.78 is 12.2. The van der Waals surface area contributed by atoms with E-state index in [0.717, 1.165) is 61.2 Å². The van der Waals surface area contributed by atoms with Crippen LogP contribution >= 0.6 is 0 Å². The largest absolute Gasteiger partial charge is 0.485 e. The summed E-state index contributed by atoms with van der Waals surface area (Å²) in [7, 11) is 1.65. The second-order valence-corrected chi connectivity index (χ2v) is 13.2. The highest BCUT2D eigenvalue weighted by Crippen LogP contribution is 2.48. The molecule has 6 rings (SSSR count). The Morgan fingerprint density at radius 2 is 1.90 bits per heavy atom. The number of methoxy groups -OCH3 is 1. The van der Waals surface area contributed by atoms with Crippen molar-refractivity contribution in [3.8, 4) is 22.8 Å². The van der Waals surface area contributed by atoms with Gasteiger partial charge in [-0.25, -0.2) is 4.98 Å². The lowest BCUT2D eigenvalue weighted by Crippen LogP contribution is -2.46. The van der Waals surface area contributed by atoms with Gasteiger partial charge in [0.1, 0.15) is 11.9 Å². The van der Waals surface area contributed by atoms with Crippen molar-refractivity contribution in [3.05, 3.63) is 77.0 Å². The van der Waals surface area contributed by atoms with Gasteiger partial charge in [0.15, 0.2) is 0 Å².